The summed E-state index contributed by atoms with van der Waals surface area (Å²) < 4.78 is 0. The summed E-state index contributed by atoms with van der Waals surface area (Å²) in [5.74, 6) is -0.129. The number of carbonyl (C=O) groups is 2. The number of amides is 2. The van der Waals surface area contributed by atoms with Crippen LogP contribution in [0.4, 0.5) is 0 Å². The average Bonchev–Trinajstić information content (AvgIpc) is 2.65. The van der Waals surface area contributed by atoms with Crippen LogP contribution in [-0.4, -0.2) is 28.8 Å². The van der Waals surface area contributed by atoms with E-state index >= 15 is 0 Å². The second-order valence-corrected chi connectivity index (χ2v) is 6.73. The lowest BCUT2D eigenvalue weighted by Gasteiger charge is -2.32. The first-order chi connectivity index (χ1) is 12.5. The van der Waals surface area contributed by atoms with Gasteiger partial charge in [-0.05, 0) is 25.0 Å². The van der Waals surface area contributed by atoms with Crippen LogP contribution in [0.3, 0.4) is 0 Å². The molecule has 0 aromatic heterocycles. The van der Waals surface area contributed by atoms with E-state index in [2.05, 4.69) is 5.32 Å². The van der Waals surface area contributed by atoms with Crippen molar-refractivity contribution >= 4 is 11.8 Å². The van der Waals surface area contributed by atoms with Crippen LogP contribution in [0.15, 0.2) is 60.7 Å². The maximum absolute atomic E-state index is 12.9. The summed E-state index contributed by atoms with van der Waals surface area (Å²) >= 11 is 0. The topological polar surface area (TPSA) is 49.4 Å². The molecule has 1 N–H and O–H groups in total. The molecule has 26 heavy (non-hydrogen) atoms. The fourth-order valence-electron chi connectivity index (χ4n) is 2.92. The van der Waals surface area contributed by atoms with Crippen LogP contribution in [0.25, 0.3) is 0 Å². The Balaban J connectivity index is 2.32. The van der Waals surface area contributed by atoms with Crippen molar-refractivity contribution in [3.05, 3.63) is 71.8 Å². The quantitative estimate of drug-likeness (QED) is 0.790. The monoisotopic (exact) mass is 352 g/mol. The predicted molar refractivity (Wildman–Crippen MR) is 104 cm³/mol. The molecule has 0 saturated carbocycles. The van der Waals surface area contributed by atoms with E-state index in [1.807, 2.05) is 81.4 Å². The molecule has 2 rings (SSSR count). The van der Waals surface area contributed by atoms with Gasteiger partial charge in [-0.2, -0.15) is 0 Å². The summed E-state index contributed by atoms with van der Waals surface area (Å²) in [6.07, 6.45) is 0.866. The Kier molecular flexibility index (Phi) is 7.39. The van der Waals surface area contributed by atoms with Gasteiger partial charge in [0.1, 0.15) is 6.04 Å². The van der Waals surface area contributed by atoms with Crippen molar-refractivity contribution in [2.75, 3.05) is 0 Å². The maximum atomic E-state index is 12.9. The molecule has 0 aliphatic rings. The summed E-state index contributed by atoms with van der Waals surface area (Å²) in [5.41, 5.74) is 2.06. The Morgan fingerprint density at radius 3 is 1.96 bits per heavy atom. The number of benzene rings is 2. The molecule has 0 aliphatic carbocycles. The number of nitrogens with one attached hydrogen (secondary N) is 1. The summed E-state index contributed by atoms with van der Waals surface area (Å²) in [5, 5.41) is 2.98. The van der Waals surface area contributed by atoms with E-state index in [1.165, 1.54) is 0 Å². The molecule has 2 aromatic carbocycles. The van der Waals surface area contributed by atoms with Crippen molar-refractivity contribution in [2.45, 2.75) is 52.2 Å². The molecule has 2 aromatic rings. The first-order valence-corrected chi connectivity index (χ1v) is 9.19. The van der Waals surface area contributed by atoms with Crippen molar-refractivity contribution in [1.82, 2.24) is 10.2 Å². The van der Waals surface area contributed by atoms with E-state index < -0.39 is 6.04 Å². The minimum Gasteiger partial charge on any atom is -0.352 e. The molecule has 0 radical (unpaired) electrons. The van der Waals surface area contributed by atoms with Crippen molar-refractivity contribution in [2.24, 2.45) is 0 Å². The smallest absolute Gasteiger partial charge is 0.243 e. The third-order valence-electron chi connectivity index (χ3n) is 4.20. The number of rotatable bonds is 8. The van der Waals surface area contributed by atoms with Gasteiger partial charge in [0.2, 0.25) is 11.8 Å². The number of carbonyl (C=O) groups excluding carboxylic acids is 2. The first kappa shape index (κ1) is 19.7. The lowest BCUT2D eigenvalue weighted by Crippen LogP contribution is -2.51. The minimum absolute atomic E-state index is 0.0197. The molecule has 4 nitrogen and oxygen atoms in total. The zero-order valence-electron chi connectivity index (χ0n) is 15.8. The van der Waals surface area contributed by atoms with Crippen molar-refractivity contribution < 1.29 is 9.59 Å². The highest BCUT2D eigenvalue weighted by Crippen LogP contribution is 2.15. The Morgan fingerprint density at radius 1 is 0.923 bits per heavy atom. The van der Waals surface area contributed by atoms with Crippen LogP contribution >= 0.6 is 0 Å². The van der Waals surface area contributed by atoms with Crippen LogP contribution in [-0.2, 0) is 22.6 Å². The fourth-order valence-corrected chi connectivity index (χ4v) is 2.92. The maximum Gasteiger partial charge on any atom is 0.243 e. The zero-order valence-corrected chi connectivity index (χ0v) is 15.8. The molecule has 2 amide bonds. The summed E-state index contributed by atoms with van der Waals surface area (Å²) in [6.45, 7) is 6.12. The fraction of sp³-hybridized carbons (Fsp3) is 0.364. The van der Waals surface area contributed by atoms with Crippen molar-refractivity contribution in [3.8, 4) is 0 Å². The van der Waals surface area contributed by atoms with Crippen LogP contribution in [0, 0.1) is 0 Å². The molecular weight excluding hydrogens is 324 g/mol. The Morgan fingerprint density at radius 2 is 1.46 bits per heavy atom. The molecule has 0 spiro atoms. The van der Waals surface area contributed by atoms with Gasteiger partial charge in [0.05, 0.1) is 0 Å². The zero-order chi connectivity index (χ0) is 18.9. The molecule has 0 heterocycles. The minimum atomic E-state index is -0.535. The molecular formula is C22H28N2O2. The van der Waals surface area contributed by atoms with Gasteiger partial charge in [-0.3, -0.25) is 9.59 Å². The molecule has 0 aliphatic heterocycles. The summed E-state index contributed by atoms with van der Waals surface area (Å²) in [7, 11) is 0. The average molecular weight is 352 g/mol. The SMILES string of the molecule is CCC(=O)N(Cc1ccccc1)[C@@H](Cc1ccccc1)C(=O)NC(C)C. The van der Waals surface area contributed by atoms with Crippen LogP contribution in [0.5, 0.6) is 0 Å². The Labute approximate surface area is 156 Å². The predicted octanol–water partition coefficient (Wildman–Crippen LogP) is 3.56. The number of nitrogens with zero attached hydrogens (tertiary/aromatic N) is 1. The standard InChI is InChI=1S/C22H28N2O2/c1-4-21(25)24(16-19-13-9-6-10-14-19)20(22(26)23-17(2)3)15-18-11-7-5-8-12-18/h5-14,17,20H,4,15-16H2,1-3H3,(H,23,26)/t20-/m0/s1. The lowest BCUT2D eigenvalue weighted by molar-refractivity contribution is -0.141. The van der Waals surface area contributed by atoms with E-state index in [-0.39, 0.29) is 17.9 Å². The molecule has 1 atom stereocenters. The van der Waals surface area contributed by atoms with Gasteiger partial charge in [0.25, 0.3) is 0 Å². The van der Waals surface area contributed by atoms with E-state index in [0.717, 1.165) is 11.1 Å². The van der Waals surface area contributed by atoms with E-state index in [9.17, 15) is 9.59 Å². The third-order valence-corrected chi connectivity index (χ3v) is 4.20. The Bertz CT molecular complexity index is 699. The molecule has 0 saturated heterocycles. The van der Waals surface area contributed by atoms with Gasteiger partial charge < -0.3 is 10.2 Å². The van der Waals surface area contributed by atoms with Gasteiger partial charge in [0, 0.05) is 25.4 Å². The van der Waals surface area contributed by atoms with Crippen LogP contribution < -0.4 is 5.32 Å². The first-order valence-electron chi connectivity index (χ1n) is 9.19. The van der Waals surface area contributed by atoms with Crippen LogP contribution in [0.2, 0.25) is 0 Å². The lowest BCUT2D eigenvalue weighted by atomic mass is 10.0. The third kappa shape index (κ3) is 5.73. The van der Waals surface area contributed by atoms with Crippen molar-refractivity contribution in [3.63, 3.8) is 0 Å². The normalized spacial score (nSPS) is 11.8. The van der Waals surface area contributed by atoms with E-state index in [4.69, 9.17) is 0 Å². The van der Waals surface area contributed by atoms with Gasteiger partial charge in [0.15, 0.2) is 0 Å². The van der Waals surface area contributed by atoms with Gasteiger partial charge >= 0.3 is 0 Å². The molecule has 138 valence electrons. The highest BCUT2D eigenvalue weighted by Gasteiger charge is 2.29. The van der Waals surface area contributed by atoms with Gasteiger partial charge in [-0.1, -0.05) is 67.6 Å². The summed E-state index contributed by atoms with van der Waals surface area (Å²) in [4.78, 5) is 27.3. The molecule has 0 unspecified atom stereocenters. The highest BCUT2D eigenvalue weighted by atomic mass is 16.2. The second-order valence-electron chi connectivity index (χ2n) is 6.73. The Hall–Kier alpha value is -2.62. The largest absolute Gasteiger partial charge is 0.352 e. The van der Waals surface area contributed by atoms with Crippen molar-refractivity contribution in [1.29, 1.82) is 0 Å². The molecule has 4 heteroatoms. The molecule has 0 bridgehead atoms. The number of hydrogen-bond acceptors (Lipinski definition) is 2. The second kappa shape index (κ2) is 9.76. The number of hydrogen-bond donors (Lipinski definition) is 1. The van der Waals surface area contributed by atoms with Gasteiger partial charge in [-0.15, -0.1) is 0 Å². The van der Waals surface area contributed by atoms with E-state index in [1.54, 1.807) is 4.90 Å². The van der Waals surface area contributed by atoms with Crippen LogP contribution in [0.1, 0.15) is 38.3 Å². The summed E-state index contributed by atoms with van der Waals surface area (Å²) in [6, 6.07) is 19.1. The highest BCUT2D eigenvalue weighted by molar-refractivity contribution is 5.88. The van der Waals surface area contributed by atoms with Gasteiger partial charge in [-0.25, -0.2) is 0 Å². The molecule has 0 fully saturated rings. The van der Waals surface area contributed by atoms with E-state index in [0.29, 0.717) is 19.4 Å².